The molecule has 0 unspecified atom stereocenters. The Morgan fingerprint density at radius 2 is 2.33 bits per heavy atom. The first-order valence-electron chi connectivity index (χ1n) is 2.90. The number of nitrogens with two attached hydrogens (primary N) is 1. The third-order valence-corrected chi connectivity index (χ3v) is 1.55. The zero-order valence-electron chi connectivity index (χ0n) is 6.11. The fourth-order valence-corrected chi connectivity index (χ4v) is 1.07. The summed E-state index contributed by atoms with van der Waals surface area (Å²) in [6.45, 7) is 0. The fourth-order valence-electron chi connectivity index (χ4n) is 0.826. The van der Waals surface area contributed by atoms with Gasteiger partial charge in [0.2, 0.25) is 0 Å². The largest absolute Gasteiger partial charge is 0.385 e. The van der Waals surface area contributed by atoms with Gasteiger partial charge in [0.05, 0.1) is 0 Å². The van der Waals surface area contributed by atoms with E-state index < -0.39 is 0 Å². The minimum atomic E-state index is 0. The first-order valence-corrected chi connectivity index (χ1v) is 3.31. The van der Waals surface area contributed by atoms with Crippen molar-refractivity contribution in [2.24, 2.45) is 0 Å². The van der Waals surface area contributed by atoms with Crippen molar-refractivity contribution < 1.29 is 0 Å². The zero-order chi connectivity index (χ0) is 7.84. The molecule has 0 saturated carbocycles. The van der Waals surface area contributed by atoms with Gasteiger partial charge in [-0.2, -0.15) is 0 Å². The van der Waals surface area contributed by atoms with Crippen LogP contribution in [0.2, 0.25) is 0 Å². The molecule has 5 nitrogen and oxygen atoms in total. The normalized spacial score (nSPS) is 9.67. The standard InChI is InChI=1S/C5H5N5S.Rf/c6-5-9-3-2(4(11)10-5)7-1-8-3;/h1H,(H4,6,7,8,9,10,11);/p-1. The molecule has 0 amide bonds. The number of aromatic nitrogens is 4. The van der Waals surface area contributed by atoms with Crippen LogP contribution in [0.3, 0.4) is 0 Å². The van der Waals surface area contributed by atoms with Crippen LogP contribution in [0, 0.1) is 4.64 Å². The molecular formula is C5H4N5RfS-. The van der Waals surface area contributed by atoms with Gasteiger partial charge in [-0.15, -0.1) is 0 Å². The van der Waals surface area contributed by atoms with Crippen LogP contribution >= 0.6 is 12.2 Å². The number of anilines is 1. The second kappa shape index (κ2) is 2.31. The molecule has 12 heavy (non-hydrogen) atoms. The minimum Gasteiger partial charge on any atom is -0.385 e. The first-order chi connectivity index (χ1) is 5.27. The molecule has 2 heterocycles. The number of nitrogen functional groups attached to an aromatic ring is 1. The number of rotatable bonds is 0. The number of hydrogen-bond acceptors (Lipinski definition) is 4. The second-order valence-corrected chi connectivity index (χ2v) is 2.38. The van der Waals surface area contributed by atoms with Gasteiger partial charge >= 0.3 is 0 Å². The Hall–Kier alpha value is -2.43. The maximum Gasteiger partial charge on any atom is 0.140 e. The monoisotopic (exact) mass is 433 g/mol. The molecule has 0 fully saturated rings. The van der Waals surface area contributed by atoms with Crippen molar-refractivity contribution >= 4 is 29.3 Å². The van der Waals surface area contributed by atoms with E-state index in [-0.39, 0.29) is 5.95 Å². The van der Waals surface area contributed by atoms with Crippen LogP contribution in [0.1, 0.15) is 0 Å². The van der Waals surface area contributed by atoms with E-state index in [1.165, 1.54) is 6.33 Å². The summed E-state index contributed by atoms with van der Waals surface area (Å²) in [5.74, 6) is 0.267. The van der Waals surface area contributed by atoms with Crippen LogP contribution in [0.25, 0.3) is 11.2 Å². The van der Waals surface area contributed by atoms with Gasteiger partial charge in [0.15, 0.2) is 0 Å². The van der Waals surface area contributed by atoms with Crippen LogP contribution in [0.5, 0.6) is 0 Å². The maximum absolute atomic E-state index is 5.38. The van der Waals surface area contributed by atoms with E-state index in [2.05, 4.69) is 19.9 Å². The summed E-state index contributed by atoms with van der Waals surface area (Å²) in [5, 5.41) is 0. The first kappa shape index (κ1) is 7.67. The topological polar surface area (TPSA) is 81.7 Å². The van der Waals surface area contributed by atoms with Crippen molar-refractivity contribution in [2.45, 2.75) is 0 Å². The molecule has 2 rings (SSSR count). The number of fused-ring (bicyclic) bond motifs is 1. The van der Waals surface area contributed by atoms with Crippen molar-refractivity contribution in [1.29, 1.82) is 0 Å². The molecule has 3 N–H and O–H groups in total. The van der Waals surface area contributed by atoms with E-state index in [1.807, 2.05) is 0 Å². The molecule has 7 heteroatoms. The summed E-state index contributed by atoms with van der Waals surface area (Å²) in [5.41, 5.74) is 6.56. The van der Waals surface area contributed by atoms with Gasteiger partial charge in [-0.05, 0) is 6.33 Å². The van der Waals surface area contributed by atoms with Gasteiger partial charge in [0.1, 0.15) is 10.6 Å². The van der Waals surface area contributed by atoms with E-state index in [0.29, 0.717) is 15.8 Å². The molecule has 0 aliphatic carbocycles. The number of H-pyrrole nitrogens is 1. The predicted octanol–water partition coefficient (Wildman–Crippen LogP) is 0.227. The van der Waals surface area contributed by atoms with Crippen LogP contribution in [0.4, 0.5) is 5.95 Å². The van der Waals surface area contributed by atoms with Crippen molar-refractivity contribution in [3.63, 3.8) is 0 Å². The van der Waals surface area contributed by atoms with Gasteiger partial charge < -0.3 is 20.7 Å². The Labute approximate surface area is 66.7 Å². The number of nitrogens with one attached hydrogen (secondary N) is 1. The molecular weight excluding hydrogens is 429 g/mol. The number of imidazole rings is 1. The molecule has 0 aliphatic rings. The molecule has 0 radical (unpaired) electrons. The van der Waals surface area contributed by atoms with Crippen molar-refractivity contribution in [3.8, 4) is 0 Å². The van der Waals surface area contributed by atoms with Crippen molar-refractivity contribution in [3.05, 3.63) is 11.0 Å². The average molecular weight is 433 g/mol. The van der Waals surface area contributed by atoms with E-state index in [0.717, 1.165) is 0 Å². The molecule has 0 aliphatic heterocycles. The average Bonchev–Trinajstić information content (AvgIpc) is 2.34. The number of aromatic amines is 1. The molecule has 0 spiro atoms. The fraction of sp³-hybridized carbons (Fsp3) is 0. The molecule has 2 aromatic rings. The smallest absolute Gasteiger partial charge is 0.140 e. The van der Waals surface area contributed by atoms with Gasteiger partial charge in [0, 0.05) is 11.2 Å². The maximum atomic E-state index is 5.38. The Balaban J connectivity index is 0.000000720. The summed E-state index contributed by atoms with van der Waals surface area (Å²) < 4.78 is 0.383. The van der Waals surface area contributed by atoms with Crippen molar-refractivity contribution in [2.75, 3.05) is 5.73 Å². The summed E-state index contributed by atoms with van der Waals surface area (Å²) in [6, 6.07) is 0. The summed E-state index contributed by atoms with van der Waals surface area (Å²) in [7, 11) is 0. The van der Waals surface area contributed by atoms with Crippen LogP contribution in [-0.4, -0.2) is 15.0 Å². The minimum absolute atomic E-state index is 0. The SMILES string of the molecule is Nc1nc(=S)c2nc[n-]c2[nH]1.[Rf]. The zero-order valence-corrected chi connectivity index (χ0v) is 13.3. The molecule has 58 valence electrons. The van der Waals surface area contributed by atoms with Crippen LogP contribution in [0.15, 0.2) is 6.33 Å². The number of nitrogens with zero attached hydrogens (tertiary/aromatic N) is 3. The second-order valence-electron chi connectivity index (χ2n) is 2.00. The van der Waals surface area contributed by atoms with E-state index in [4.69, 9.17) is 18.0 Å². The van der Waals surface area contributed by atoms with Gasteiger partial charge in [-0.25, -0.2) is 4.98 Å². The molecule has 0 atom stereocenters. The Bertz CT molecular complexity index is 446. The Morgan fingerprint density at radius 3 is 3.08 bits per heavy atom. The quantitative estimate of drug-likeness (QED) is 0.582. The summed E-state index contributed by atoms with van der Waals surface area (Å²) >= 11 is 4.88. The predicted molar refractivity (Wildman–Crippen MR) is 42.5 cm³/mol. The molecule has 0 bridgehead atoms. The Morgan fingerprint density at radius 1 is 1.58 bits per heavy atom. The molecule has 2 aromatic heterocycles. The summed E-state index contributed by atoms with van der Waals surface area (Å²) in [4.78, 5) is 14.3. The molecule has 0 aromatic carbocycles. The Kier molecular flexibility index (Phi) is 1.48. The third-order valence-electron chi connectivity index (χ3n) is 1.27. The van der Waals surface area contributed by atoms with Gasteiger partial charge in [-0.3, -0.25) is 0 Å². The van der Waals surface area contributed by atoms with Crippen LogP contribution < -0.4 is 10.7 Å². The van der Waals surface area contributed by atoms with E-state index in [9.17, 15) is 0 Å². The van der Waals surface area contributed by atoms with Gasteiger partial charge in [-0.1, -0.05) is 12.2 Å². The van der Waals surface area contributed by atoms with Gasteiger partial charge in [0.25, 0.3) is 0 Å². The van der Waals surface area contributed by atoms with E-state index >= 15 is 0 Å². The van der Waals surface area contributed by atoms with Crippen LogP contribution in [-0.2, 0) is 0 Å². The van der Waals surface area contributed by atoms with Crippen molar-refractivity contribution in [1.82, 2.24) is 19.9 Å². The third kappa shape index (κ3) is 0.853. The van der Waals surface area contributed by atoms with E-state index in [1.54, 1.807) is 0 Å². The molecule has 0 saturated heterocycles. The summed E-state index contributed by atoms with van der Waals surface area (Å²) in [6.07, 6.45) is 1.41. The number of hydrogen-bond donors (Lipinski definition) is 2.